The van der Waals surface area contributed by atoms with Crippen molar-refractivity contribution < 1.29 is 0 Å². The highest BCUT2D eigenvalue weighted by atomic mass is 35.5. The Hall–Kier alpha value is -1.29. The number of nitrogens with zero attached hydrogens (tertiary/aromatic N) is 2. The molecule has 5 heteroatoms. The molecule has 19 heavy (non-hydrogen) atoms. The van der Waals surface area contributed by atoms with Crippen LogP contribution in [0.3, 0.4) is 0 Å². The van der Waals surface area contributed by atoms with Crippen molar-refractivity contribution >= 4 is 17.3 Å². The summed E-state index contributed by atoms with van der Waals surface area (Å²) in [6, 6.07) is 0.365. The van der Waals surface area contributed by atoms with Crippen molar-refractivity contribution in [3.8, 4) is 0 Å². The molecule has 0 bridgehead atoms. The van der Waals surface area contributed by atoms with Gasteiger partial charge < -0.3 is 5.32 Å². The molecule has 1 aromatic rings. The summed E-state index contributed by atoms with van der Waals surface area (Å²) < 4.78 is 1.31. The summed E-state index contributed by atoms with van der Waals surface area (Å²) in [6.45, 7) is 8.45. The lowest BCUT2D eigenvalue weighted by atomic mass is 9.98. The quantitative estimate of drug-likeness (QED) is 0.863. The van der Waals surface area contributed by atoms with E-state index in [9.17, 15) is 4.79 Å². The van der Waals surface area contributed by atoms with E-state index in [4.69, 9.17) is 11.6 Å². The maximum atomic E-state index is 12.0. The predicted molar refractivity (Wildman–Crippen MR) is 78.7 cm³/mol. The minimum absolute atomic E-state index is 0.212. The first-order valence-corrected chi connectivity index (χ1v) is 7.05. The maximum Gasteiger partial charge on any atom is 0.287 e. The molecular weight excluding hydrogens is 262 g/mol. The number of allylic oxidation sites excluding steroid dienone is 1. The first-order chi connectivity index (χ1) is 9.04. The van der Waals surface area contributed by atoms with Crippen LogP contribution in [0.5, 0.6) is 0 Å². The third kappa shape index (κ3) is 2.84. The van der Waals surface area contributed by atoms with E-state index in [-0.39, 0.29) is 10.6 Å². The first-order valence-electron chi connectivity index (χ1n) is 6.67. The fourth-order valence-electron chi connectivity index (χ4n) is 2.59. The topological polar surface area (TPSA) is 46.9 Å². The molecule has 1 saturated carbocycles. The van der Waals surface area contributed by atoms with Gasteiger partial charge in [0.2, 0.25) is 0 Å². The second-order valence-electron chi connectivity index (χ2n) is 5.31. The van der Waals surface area contributed by atoms with Crippen LogP contribution in [0.15, 0.2) is 23.6 Å². The minimum atomic E-state index is -0.273. The standard InChI is InChI=1S/C14H20ClN3O/c1-4-7-18-14(19)13(15)12(8-16-18)17-11-6-5-9(2)10(11)3/h4,8-11,17H,1,5-7H2,2-3H3. The van der Waals surface area contributed by atoms with Gasteiger partial charge in [-0.05, 0) is 24.7 Å². The summed E-state index contributed by atoms with van der Waals surface area (Å²) in [5.41, 5.74) is 0.364. The summed E-state index contributed by atoms with van der Waals surface area (Å²) in [6.07, 6.45) is 5.56. The fourth-order valence-corrected chi connectivity index (χ4v) is 2.79. The molecule has 1 aliphatic rings. The molecule has 0 amide bonds. The summed E-state index contributed by atoms with van der Waals surface area (Å²) in [7, 11) is 0. The average molecular weight is 282 g/mol. The Morgan fingerprint density at radius 1 is 1.58 bits per heavy atom. The Labute approximate surface area is 118 Å². The van der Waals surface area contributed by atoms with Crippen molar-refractivity contribution in [1.29, 1.82) is 0 Å². The van der Waals surface area contributed by atoms with E-state index >= 15 is 0 Å². The number of aromatic nitrogens is 2. The Balaban J connectivity index is 2.20. The van der Waals surface area contributed by atoms with E-state index in [2.05, 4.69) is 30.8 Å². The van der Waals surface area contributed by atoms with Crippen LogP contribution in [-0.2, 0) is 6.54 Å². The maximum absolute atomic E-state index is 12.0. The lowest BCUT2D eigenvalue weighted by molar-refractivity contribution is 0.435. The molecule has 1 N–H and O–H groups in total. The van der Waals surface area contributed by atoms with Crippen molar-refractivity contribution in [2.45, 2.75) is 39.3 Å². The smallest absolute Gasteiger partial charge is 0.287 e. The molecule has 1 aromatic heterocycles. The van der Waals surface area contributed by atoms with Gasteiger partial charge in [0, 0.05) is 6.04 Å². The van der Waals surface area contributed by atoms with Gasteiger partial charge in [-0.15, -0.1) is 6.58 Å². The fraction of sp³-hybridized carbons (Fsp3) is 0.571. The summed E-state index contributed by atoms with van der Waals surface area (Å²) in [4.78, 5) is 12.0. The Morgan fingerprint density at radius 2 is 2.32 bits per heavy atom. The molecule has 3 unspecified atom stereocenters. The molecule has 0 spiro atoms. The number of hydrogen-bond donors (Lipinski definition) is 1. The van der Waals surface area contributed by atoms with E-state index in [1.807, 2.05) is 0 Å². The number of halogens is 1. The normalized spacial score (nSPS) is 26.4. The van der Waals surface area contributed by atoms with Crippen LogP contribution in [0, 0.1) is 11.8 Å². The van der Waals surface area contributed by atoms with E-state index in [0.717, 1.165) is 6.42 Å². The van der Waals surface area contributed by atoms with Gasteiger partial charge in [-0.2, -0.15) is 5.10 Å². The van der Waals surface area contributed by atoms with Gasteiger partial charge in [0.1, 0.15) is 5.02 Å². The zero-order valence-electron chi connectivity index (χ0n) is 11.4. The molecule has 1 heterocycles. The summed E-state index contributed by atoms with van der Waals surface area (Å²) in [5.74, 6) is 1.28. The van der Waals surface area contributed by atoms with Gasteiger partial charge in [0.25, 0.3) is 5.56 Å². The van der Waals surface area contributed by atoms with Gasteiger partial charge in [-0.1, -0.05) is 31.5 Å². The van der Waals surface area contributed by atoms with Gasteiger partial charge in [0.05, 0.1) is 18.4 Å². The predicted octanol–water partition coefficient (Wildman–Crippen LogP) is 2.93. The first kappa shape index (κ1) is 14.1. The molecule has 104 valence electrons. The summed E-state index contributed by atoms with van der Waals surface area (Å²) >= 11 is 6.13. The van der Waals surface area contributed by atoms with E-state index in [0.29, 0.717) is 30.1 Å². The van der Waals surface area contributed by atoms with Gasteiger partial charge in [0.15, 0.2) is 0 Å². The number of rotatable bonds is 4. The molecule has 0 aromatic carbocycles. The average Bonchev–Trinajstić information content (AvgIpc) is 2.70. The van der Waals surface area contributed by atoms with Crippen LogP contribution in [-0.4, -0.2) is 15.8 Å². The van der Waals surface area contributed by atoms with Crippen LogP contribution in [0.2, 0.25) is 5.02 Å². The molecule has 0 radical (unpaired) electrons. The van der Waals surface area contributed by atoms with E-state index in [1.54, 1.807) is 12.3 Å². The van der Waals surface area contributed by atoms with Crippen molar-refractivity contribution in [3.63, 3.8) is 0 Å². The highest BCUT2D eigenvalue weighted by Crippen LogP contribution is 2.33. The number of anilines is 1. The van der Waals surface area contributed by atoms with E-state index in [1.165, 1.54) is 11.1 Å². The van der Waals surface area contributed by atoms with Gasteiger partial charge in [-0.25, -0.2) is 4.68 Å². The highest BCUT2D eigenvalue weighted by Gasteiger charge is 2.30. The van der Waals surface area contributed by atoms with Crippen LogP contribution in [0.1, 0.15) is 26.7 Å². The molecule has 0 saturated heterocycles. The van der Waals surface area contributed by atoms with Gasteiger partial charge in [-0.3, -0.25) is 4.79 Å². The largest absolute Gasteiger partial charge is 0.379 e. The Kier molecular flexibility index (Phi) is 4.30. The summed E-state index contributed by atoms with van der Waals surface area (Å²) in [5, 5.41) is 7.68. The van der Waals surface area contributed by atoms with E-state index < -0.39 is 0 Å². The second kappa shape index (κ2) is 5.78. The van der Waals surface area contributed by atoms with Gasteiger partial charge >= 0.3 is 0 Å². The molecule has 4 nitrogen and oxygen atoms in total. The Morgan fingerprint density at radius 3 is 2.89 bits per heavy atom. The van der Waals surface area contributed by atoms with Crippen molar-refractivity contribution in [1.82, 2.24) is 9.78 Å². The molecular formula is C14H20ClN3O. The molecule has 1 fully saturated rings. The third-order valence-electron chi connectivity index (χ3n) is 4.09. The number of hydrogen-bond acceptors (Lipinski definition) is 3. The SMILES string of the molecule is C=CCn1ncc(NC2CCC(C)C2C)c(Cl)c1=O. The highest BCUT2D eigenvalue weighted by molar-refractivity contribution is 6.32. The molecule has 2 rings (SSSR count). The molecule has 1 aliphatic carbocycles. The monoisotopic (exact) mass is 281 g/mol. The zero-order chi connectivity index (χ0) is 14.0. The Bertz CT molecular complexity index is 526. The number of nitrogens with one attached hydrogen (secondary N) is 1. The van der Waals surface area contributed by atoms with Crippen LogP contribution in [0.4, 0.5) is 5.69 Å². The van der Waals surface area contributed by atoms with Crippen LogP contribution >= 0.6 is 11.6 Å². The molecule has 3 atom stereocenters. The minimum Gasteiger partial charge on any atom is -0.379 e. The second-order valence-corrected chi connectivity index (χ2v) is 5.69. The third-order valence-corrected chi connectivity index (χ3v) is 4.46. The lowest BCUT2D eigenvalue weighted by Crippen LogP contribution is -2.28. The van der Waals surface area contributed by atoms with Crippen molar-refractivity contribution in [2.24, 2.45) is 11.8 Å². The lowest BCUT2D eigenvalue weighted by Gasteiger charge is -2.21. The van der Waals surface area contributed by atoms with Crippen molar-refractivity contribution in [2.75, 3.05) is 5.32 Å². The van der Waals surface area contributed by atoms with Crippen molar-refractivity contribution in [3.05, 3.63) is 34.2 Å². The molecule has 0 aliphatic heterocycles. The zero-order valence-corrected chi connectivity index (χ0v) is 12.2. The van der Waals surface area contributed by atoms with Crippen LogP contribution < -0.4 is 10.9 Å². The van der Waals surface area contributed by atoms with Crippen LogP contribution in [0.25, 0.3) is 0 Å².